The minimum absolute atomic E-state index is 0.162. The Kier molecular flexibility index (Phi) is 5.13. The van der Waals surface area contributed by atoms with E-state index in [1.165, 1.54) is 18.4 Å². The van der Waals surface area contributed by atoms with Gasteiger partial charge < -0.3 is 10.1 Å². The third kappa shape index (κ3) is 3.43. The molecule has 1 aromatic rings. The third-order valence-electron chi connectivity index (χ3n) is 3.93. The molecule has 1 aliphatic rings. The molecule has 4 heteroatoms. The monoisotopic (exact) mass is 301 g/mol. The lowest BCUT2D eigenvalue weighted by atomic mass is 9.59. The van der Waals surface area contributed by atoms with Gasteiger partial charge in [0.1, 0.15) is 0 Å². The van der Waals surface area contributed by atoms with Crippen molar-refractivity contribution in [3.05, 3.63) is 33.8 Å². The second-order valence-electron chi connectivity index (χ2n) is 5.59. The van der Waals surface area contributed by atoms with Crippen molar-refractivity contribution in [3.63, 3.8) is 0 Å². The summed E-state index contributed by atoms with van der Waals surface area (Å²) in [6.07, 6.45) is 2.35. The number of hydrogen-bond donors (Lipinski definition) is 1. The summed E-state index contributed by atoms with van der Waals surface area (Å²) in [5.74, 6) is 0.760. The van der Waals surface area contributed by atoms with Crippen molar-refractivity contribution in [3.8, 4) is 0 Å². The van der Waals surface area contributed by atoms with Crippen molar-refractivity contribution in [1.82, 2.24) is 5.32 Å². The van der Waals surface area contributed by atoms with Crippen molar-refractivity contribution in [1.29, 1.82) is 0 Å². The summed E-state index contributed by atoms with van der Waals surface area (Å²) < 4.78 is 5.07. The van der Waals surface area contributed by atoms with E-state index in [0.717, 1.165) is 30.6 Å². The molecule has 1 aliphatic carbocycles. The number of rotatable bonds is 6. The second-order valence-corrected chi connectivity index (χ2v) is 6.43. The molecule has 106 valence electrons. The van der Waals surface area contributed by atoms with Crippen molar-refractivity contribution in [2.75, 3.05) is 26.8 Å². The molecule has 0 radical (unpaired) electrons. The van der Waals surface area contributed by atoms with Crippen molar-refractivity contribution >= 4 is 23.2 Å². The molecular formula is C15H21Cl2NO. The average molecular weight is 302 g/mol. The summed E-state index contributed by atoms with van der Waals surface area (Å²) in [5, 5.41) is 4.96. The Morgan fingerprint density at radius 2 is 2.11 bits per heavy atom. The zero-order valence-corrected chi connectivity index (χ0v) is 13.0. The maximum Gasteiger partial charge on any atom is 0.0587 e. The van der Waals surface area contributed by atoms with Gasteiger partial charge in [-0.25, -0.2) is 0 Å². The number of benzene rings is 1. The highest BCUT2D eigenvalue weighted by atomic mass is 35.5. The SMILES string of the molecule is COCCNCC1(c2ccc(Cl)cc2Cl)CC(C)C1. The lowest BCUT2D eigenvalue weighted by Crippen LogP contribution is -2.48. The van der Waals surface area contributed by atoms with E-state index in [-0.39, 0.29) is 5.41 Å². The topological polar surface area (TPSA) is 21.3 Å². The number of nitrogens with one attached hydrogen (secondary N) is 1. The molecular weight excluding hydrogens is 281 g/mol. The Morgan fingerprint density at radius 1 is 1.37 bits per heavy atom. The van der Waals surface area contributed by atoms with Crippen LogP contribution < -0.4 is 5.32 Å². The van der Waals surface area contributed by atoms with Gasteiger partial charge >= 0.3 is 0 Å². The molecule has 1 saturated carbocycles. The van der Waals surface area contributed by atoms with E-state index in [4.69, 9.17) is 27.9 Å². The zero-order valence-electron chi connectivity index (χ0n) is 11.5. The Hall–Kier alpha value is -0.280. The Balaban J connectivity index is 2.10. The molecule has 0 spiro atoms. The van der Waals surface area contributed by atoms with E-state index in [0.29, 0.717) is 5.02 Å². The van der Waals surface area contributed by atoms with Crippen LogP contribution in [0.1, 0.15) is 25.3 Å². The van der Waals surface area contributed by atoms with Crippen LogP contribution in [0.15, 0.2) is 18.2 Å². The van der Waals surface area contributed by atoms with Gasteiger partial charge in [0.25, 0.3) is 0 Å². The van der Waals surface area contributed by atoms with Gasteiger partial charge in [0, 0.05) is 35.7 Å². The molecule has 2 rings (SSSR count). The van der Waals surface area contributed by atoms with Crippen molar-refractivity contribution in [2.24, 2.45) is 5.92 Å². The smallest absolute Gasteiger partial charge is 0.0587 e. The van der Waals surface area contributed by atoms with Gasteiger partial charge in [-0.05, 0) is 36.5 Å². The Labute approximate surface area is 125 Å². The molecule has 1 fully saturated rings. The first-order valence-corrected chi connectivity index (χ1v) is 7.48. The molecule has 0 unspecified atom stereocenters. The van der Waals surface area contributed by atoms with Gasteiger partial charge in [0.2, 0.25) is 0 Å². The number of ether oxygens (including phenoxy) is 1. The number of halogens is 2. The van der Waals surface area contributed by atoms with E-state index < -0.39 is 0 Å². The summed E-state index contributed by atoms with van der Waals surface area (Å²) in [6, 6.07) is 5.86. The standard InChI is InChI=1S/C15H21Cl2NO/c1-11-8-15(9-11,10-18-5-6-19-2)13-4-3-12(16)7-14(13)17/h3-4,7,11,18H,5-6,8-10H2,1-2H3. The molecule has 1 N–H and O–H groups in total. The highest BCUT2D eigenvalue weighted by Crippen LogP contribution is 2.49. The summed E-state index contributed by atoms with van der Waals surface area (Å²) in [5.41, 5.74) is 1.39. The first-order valence-electron chi connectivity index (χ1n) is 6.72. The lowest BCUT2D eigenvalue weighted by molar-refractivity contribution is 0.144. The first kappa shape index (κ1) is 15.1. The van der Waals surface area contributed by atoms with E-state index in [2.05, 4.69) is 18.3 Å². The van der Waals surface area contributed by atoms with Gasteiger partial charge in [-0.3, -0.25) is 0 Å². The molecule has 0 saturated heterocycles. The van der Waals surface area contributed by atoms with Gasteiger partial charge in [-0.2, -0.15) is 0 Å². The van der Waals surface area contributed by atoms with E-state index in [1.807, 2.05) is 12.1 Å². The second kappa shape index (κ2) is 6.45. The van der Waals surface area contributed by atoms with E-state index >= 15 is 0 Å². The third-order valence-corrected chi connectivity index (χ3v) is 4.48. The molecule has 0 bridgehead atoms. The summed E-state index contributed by atoms with van der Waals surface area (Å²) in [4.78, 5) is 0. The quantitative estimate of drug-likeness (QED) is 0.805. The minimum atomic E-state index is 0.162. The molecule has 1 aromatic carbocycles. The van der Waals surface area contributed by atoms with E-state index in [9.17, 15) is 0 Å². The molecule has 2 nitrogen and oxygen atoms in total. The van der Waals surface area contributed by atoms with Crippen molar-refractivity contribution < 1.29 is 4.74 Å². The van der Waals surface area contributed by atoms with Crippen LogP contribution in [0.5, 0.6) is 0 Å². The summed E-state index contributed by atoms with van der Waals surface area (Å²) >= 11 is 12.4. The summed E-state index contributed by atoms with van der Waals surface area (Å²) in [7, 11) is 1.72. The van der Waals surface area contributed by atoms with Crippen LogP contribution >= 0.6 is 23.2 Å². The number of hydrogen-bond acceptors (Lipinski definition) is 2. The van der Waals surface area contributed by atoms with Gasteiger partial charge in [0.15, 0.2) is 0 Å². The van der Waals surface area contributed by atoms with Gasteiger partial charge in [-0.1, -0.05) is 36.2 Å². The Morgan fingerprint density at radius 3 is 2.68 bits per heavy atom. The van der Waals surface area contributed by atoms with Crippen LogP contribution in [0, 0.1) is 5.92 Å². The fraction of sp³-hybridized carbons (Fsp3) is 0.600. The predicted molar refractivity (Wildman–Crippen MR) is 81.3 cm³/mol. The van der Waals surface area contributed by atoms with Crippen molar-refractivity contribution in [2.45, 2.75) is 25.2 Å². The normalized spacial score (nSPS) is 26.2. The summed E-state index contributed by atoms with van der Waals surface area (Å²) in [6.45, 7) is 4.84. The van der Waals surface area contributed by atoms with Crippen LogP contribution in [0.2, 0.25) is 10.0 Å². The first-order chi connectivity index (χ1) is 9.07. The Bertz CT molecular complexity index is 430. The van der Waals surface area contributed by atoms with Crippen LogP contribution in [0.3, 0.4) is 0 Å². The molecule has 0 amide bonds. The van der Waals surface area contributed by atoms with Crippen LogP contribution in [0.25, 0.3) is 0 Å². The largest absolute Gasteiger partial charge is 0.383 e. The molecule has 0 atom stereocenters. The fourth-order valence-electron chi connectivity index (χ4n) is 3.16. The van der Waals surface area contributed by atoms with E-state index in [1.54, 1.807) is 7.11 Å². The molecule has 0 heterocycles. The minimum Gasteiger partial charge on any atom is -0.383 e. The lowest BCUT2D eigenvalue weighted by Gasteiger charge is -2.48. The highest BCUT2D eigenvalue weighted by molar-refractivity contribution is 6.35. The zero-order chi connectivity index (χ0) is 13.9. The maximum atomic E-state index is 6.38. The molecule has 0 aromatic heterocycles. The predicted octanol–water partition coefficient (Wildman–Crippen LogP) is 3.90. The van der Waals surface area contributed by atoms with Gasteiger partial charge in [-0.15, -0.1) is 0 Å². The van der Waals surface area contributed by atoms with Gasteiger partial charge in [0.05, 0.1) is 6.61 Å². The van der Waals surface area contributed by atoms with Crippen LogP contribution in [-0.2, 0) is 10.2 Å². The maximum absolute atomic E-state index is 6.38. The van der Waals surface area contributed by atoms with Crippen LogP contribution in [0.4, 0.5) is 0 Å². The van der Waals surface area contributed by atoms with Crippen LogP contribution in [-0.4, -0.2) is 26.8 Å². The molecule has 19 heavy (non-hydrogen) atoms. The highest BCUT2D eigenvalue weighted by Gasteiger charge is 2.44. The average Bonchev–Trinajstić information content (AvgIpc) is 2.32. The number of methoxy groups -OCH3 is 1. The molecule has 0 aliphatic heterocycles. The fourth-order valence-corrected chi connectivity index (χ4v) is 3.76.